The molecule has 0 saturated carbocycles. The minimum absolute atomic E-state index is 0.441. The van der Waals surface area contributed by atoms with Gasteiger partial charge in [0.2, 0.25) is 5.96 Å². The van der Waals surface area contributed by atoms with Crippen molar-refractivity contribution in [1.29, 1.82) is 0 Å². The van der Waals surface area contributed by atoms with E-state index in [0.29, 0.717) is 25.3 Å². The largest absolute Gasteiger partial charge is 0.497 e. The summed E-state index contributed by atoms with van der Waals surface area (Å²) in [6.45, 7) is 2.11. The Morgan fingerprint density at radius 1 is 1.20 bits per heavy atom. The number of benzene rings is 2. The van der Waals surface area contributed by atoms with Gasteiger partial charge in [-0.25, -0.2) is 4.99 Å². The molecule has 0 amide bonds. The minimum atomic E-state index is 0.441. The van der Waals surface area contributed by atoms with E-state index in [1.165, 1.54) is 5.56 Å². The lowest BCUT2D eigenvalue weighted by Gasteiger charge is -2.26. The van der Waals surface area contributed by atoms with E-state index in [2.05, 4.69) is 37.6 Å². The number of aromatic nitrogens is 1. The monoisotopic (exact) mass is 337 g/mol. The predicted molar refractivity (Wildman–Crippen MR) is 96.5 cm³/mol. The van der Waals surface area contributed by atoms with Gasteiger partial charge in [-0.15, -0.1) is 0 Å². The normalized spacial score (nSPS) is 14.8. The molecule has 128 valence electrons. The number of aliphatic imine (C=N–C) groups is 1. The molecule has 1 aliphatic rings. The van der Waals surface area contributed by atoms with Gasteiger partial charge in [-0.05, 0) is 29.8 Å². The van der Waals surface area contributed by atoms with Crippen molar-refractivity contribution in [2.45, 2.75) is 6.54 Å². The van der Waals surface area contributed by atoms with E-state index in [9.17, 15) is 0 Å². The number of methoxy groups -OCH3 is 1. The molecule has 2 heterocycles. The van der Waals surface area contributed by atoms with Gasteiger partial charge in [0, 0.05) is 6.54 Å². The van der Waals surface area contributed by atoms with Crippen molar-refractivity contribution in [2.75, 3.05) is 25.8 Å². The Morgan fingerprint density at radius 3 is 2.76 bits per heavy atom. The van der Waals surface area contributed by atoms with Crippen molar-refractivity contribution >= 4 is 23.1 Å². The van der Waals surface area contributed by atoms with Crippen molar-refractivity contribution in [3.63, 3.8) is 0 Å². The summed E-state index contributed by atoms with van der Waals surface area (Å²) >= 11 is 0. The molecular weight excluding hydrogens is 318 g/mol. The summed E-state index contributed by atoms with van der Waals surface area (Å²) in [6.07, 6.45) is 0. The van der Waals surface area contributed by atoms with E-state index < -0.39 is 0 Å². The van der Waals surface area contributed by atoms with Crippen molar-refractivity contribution in [3.8, 4) is 5.75 Å². The molecule has 1 aromatic heterocycles. The van der Waals surface area contributed by atoms with Gasteiger partial charge in [0.05, 0.1) is 20.4 Å². The molecule has 2 N–H and O–H groups in total. The molecule has 1 aliphatic heterocycles. The molecule has 7 nitrogen and oxygen atoms in total. The molecule has 2 aromatic carbocycles. The number of rotatable bonds is 4. The summed E-state index contributed by atoms with van der Waals surface area (Å²) in [7, 11) is 1.67. The number of fused-ring (bicyclic) bond motifs is 1. The first kappa shape index (κ1) is 15.5. The van der Waals surface area contributed by atoms with Crippen LogP contribution in [0, 0.1) is 0 Å². The molecular formula is C18H19N5O2. The highest BCUT2D eigenvalue weighted by Crippen LogP contribution is 2.18. The summed E-state index contributed by atoms with van der Waals surface area (Å²) in [5, 5.41) is 6.33. The number of hydrogen-bond donors (Lipinski definition) is 2. The van der Waals surface area contributed by atoms with E-state index >= 15 is 0 Å². The van der Waals surface area contributed by atoms with Gasteiger partial charge in [-0.2, -0.15) is 4.98 Å². The number of para-hydroxylation sites is 2. The average Bonchev–Trinajstić information content (AvgIpc) is 3.06. The molecule has 0 spiro atoms. The van der Waals surface area contributed by atoms with Crippen LogP contribution in [0.5, 0.6) is 5.75 Å². The van der Waals surface area contributed by atoms with Crippen molar-refractivity contribution in [1.82, 2.24) is 15.2 Å². The molecule has 4 rings (SSSR count). The number of nitrogens with zero attached hydrogens (tertiary/aromatic N) is 3. The lowest BCUT2D eigenvalue weighted by molar-refractivity contribution is 0.256. The van der Waals surface area contributed by atoms with Crippen LogP contribution in [-0.2, 0) is 6.54 Å². The van der Waals surface area contributed by atoms with Crippen LogP contribution >= 0.6 is 0 Å². The average molecular weight is 337 g/mol. The van der Waals surface area contributed by atoms with E-state index in [0.717, 1.165) is 23.4 Å². The van der Waals surface area contributed by atoms with Crippen LogP contribution in [0.3, 0.4) is 0 Å². The lowest BCUT2D eigenvalue weighted by Crippen LogP contribution is -2.45. The zero-order valence-electron chi connectivity index (χ0n) is 13.9. The quantitative estimate of drug-likeness (QED) is 0.762. The Kier molecular flexibility index (Phi) is 4.22. The molecule has 0 radical (unpaired) electrons. The van der Waals surface area contributed by atoms with Gasteiger partial charge in [0.25, 0.3) is 0 Å². The molecule has 0 atom stereocenters. The maximum Gasteiger partial charge on any atom is 0.302 e. The lowest BCUT2D eigenvalue weighted by atomic mass is 10.2. The van der Waals surface area contributed by atoms with E-state index in [4.69, 9.17) is 9.15 Å². The van der Waals surface area contributed by atoms with E-state index in [1.807, 2.05) is 36.4 Å². The van der Waals surface area contributed by atoms with Crippen LogP contribution in [0.4, 0.5) is 6.01 Å². The number of oxazole rings is 1. The highest BCUT2D eigenvalue weighted by Gasteiger charge is 2.14. The van der Waals surface area contributed by atoms with Gasteiger partial charge in [-0.1, -0.05) is 24.3 Å². The summed E-state index contributed by atoms with van der Waals surface area (Å²) in [6, 6.07) is 16.2. The third kappa shape index (κ3) is 3.56. The Hall–Kier alpha value is -3.06. The van der Waals surface area contributed by atoms with Crippen LogP contribution in [0.1, 0.15) is 5.56 Å². The van der Waals surface area contributed by atoms with Gasteiger partial charge < -0.3 is 14.5 Å². The van der Waals surface area contributed by atoms with Gasteiger partial charge in [0.15, 0.2) is 5.58 Å². The topological polar surface area (TPSA) is 74.9 Å². The first-order chi connectivity index (χ1) is 12.3. The Labute approximate surface area is 145 Å². The molecule has 3 aromatic rings. The highest BCUT2D eigenvalue weighted by atomic mass is 16.5. The Bertz CT molecular complexity index is 855. The van der Waals surface area contributed by atoms with Gasteiger partial charge in [-0.3, -0.25) is 10.2 Å². The fourth-order valence-corrected chi connectivity index (χ4v) is 2.67. The summed E-state index contributed by atoms with van der Waals surface area (Å²) in [5.41, 5.74) is 2.79. The summed E-state index contributed by atoms with van der Waals surface area (Å²) in [4.78, 5) is 11.1. The van der Waals surface area contributed by atoms with Crippen LogP contribution in [0.25, 0.3) is 11.1 Å². The van der Waals surface area contributed by atoms with E-state index in [1.54, 1.807) is 7.11 Å². The number of guanidine groups is 1. The van der Waals surface area contributed by atoms with Crippen molar-refractivity contribution in [3.05, 3.63) is 54.1 Å². The molecule has 0 aliphatic carbocycles. The maximum absolute atomic E-state index is 5.65. The van der Waals surface area contributed by atoms with Gasteiger partial charge in [0.1, 0.15) is 11.3 Å². The molecule has 0 fully saturated rings. The van der Waals surface area contributed by atoms with Crippen LogP contribution in [0.15, 0.2) is 57.9 Å². The number of anilines is 1. The molecule has 25 heavy (non-hydrogen) atoms. The molecule has 0 saturated heterocycles. The zero-order valence-corrected chi connectivity index (χ0v) is 13.9. The Balaban J connectivity index is 1.36. The number of ether oxygens (including phenoxy) is 1. The van der Waals surface area contributed by atoms with Gasteiger partial charge >= 0.3 is 6.01 Å². The highest BCUT2D eigenvalue weighted by molar-refractivity contribution is 5.93. The van der Waals surface area contributed by atoms with Crippen molar-refractivity contribution in [2.24, 2.45) is 4.99 Å². The maximum atomic E-state index is 5.65. The fourth-order valence-electron chi connectivity index (χ4n) is 2.67. The molecule has 7 heteroatoms. The molecule has 0 bridgehead atoms. The second-order valence-corrected chi connectivity index (χ2v) is 5.77. The second-order valence-electron chi connectivity index (χ2n) is 5.77. The first-order valence-corrected chi connectivity index (χ1v) is 8.06. The zero-order chi connectivity index (χ0) is 17.1. The fraction of sp³-hybridized carbons (Fsp3) is 0.222. The number of hydrogen-bond acceptors (Lipinski definition) is 7. The SMILES string of the molecule is COc1ccc(CN2CN=C(Nc3nc4ccccc4o3)NC2)cc1. The van der Waals surface area contributed by atoms with Crippen LogP contribution < -0.4 is 15.4 Å². The predicted octanol–water partition coefficient (Wildman–Crippen LogP) is 2.62. The first-order valence-electron chi connectivity index (χ1n) is 8.06. The second kappa shape index (κ2) is 6.82. The summed E-state index contributed by atoms with van der Waals surface area (Å²) in [5.74, 6) is 1.53. The van der Waals surface area contributed by atoms with Crippen LogP contribution in [-0.4, -0.2) is 36.3 Å². The van der Waals surface area contributed by atoms with E-state index in [-0.39, 0.29) is 0 Å². The summed E-state index contributed by atoms with van der Waals surface area (Å²) < 4.78 is 10.8. The molecule has 0 unspecified atom stereocenters. The van der Waals surface area contributed by atoms with Crippen molar-refractivity contribution < 1.29 is 9.15 Å². The Morgan fingerprint density at radius 2 is 2.04 bits per heavy atom. The van der Waals surface area contributed by atoms with Crippen LogP contribution in [0.2, 0.25) is 0 Å². The standard InChI is InChI=1S/C18H19N5O2/c1-24-14-8-6-13(7-9-14)10-23-11-19-17(20-12-23)22-18-21-15-4-2-3-5-16(15)25-18/h2-9H,10-12H2,1H3,(H2,19,20,21,22). The third-order valence-corrected chi connectivity index (χ3v) is 3.98. The smallest absolute Gasteiger partial charge is 0.302 e. The minimum Gasteiger partial charge on any atom is -0.497 e. The number of nitrogens with one attached hydrogen (secondary N) is 2. The third-order valence-electron chi connectivity index (χ3n) is 3.98.